The first kappa shape index (κ1) is 9.00. The van der Waals surface area contributed by atoms with E-state index in [0.29, 0.717) is 6.04 Å². The normalized spacial score (nSPS) is 35.5. The lowest BCUT2D eigenvalue weighted by atomic mass is 9.86. The third-order valence-corrected chi connectivity index (χ3v) is 3.09. The summed E-state index contributed by atoms with van der Waals surface area (Å²) in [6.45, 7) is 1.83. The molecule has 13 heavy (non-hydrogen) atoms. The molecule has 0 aromatic carbocycles. The van der Waals surface area contributed by atoms with E-state index in [-0.39, 0.29) is 11.8 Å². The molecular formula is C10H17N2O. The van der Waals surface area contributed by atoms with Crippen LogP contribution in [0.2, 0.25) is 0 Å². The van der Waals surface area contributed by atoms with Gasteiger partial charge in [0.05, 0.1) is 5.92 Å². The molecule has 1 radical (unpaired) electrons. The van der Waals surface area contributed by atoms with Crippen LogP contribution >= 0.6 is 0 Å². The minimum Gasteiger partial charge on any atom is -0.313 e. The lowest BCUT2D eigenvalue weighted by Crippen LogP contribution is -2.47. The molecule has 2 fully saturated rings. The van der Waals surface area contributed by atoms with Crippen molar-refractivity contribution in [1.82, 2.24) is 10.6 Å². The molecule has 2 aliphatic heterocycles. The van der Waals surface area contributed by atoms with Gasteiger partial charge in [0, 0.05) is 12.6 Å². The SMILES string of the molecule is O=C1[N]CCC[C@@H]1C1CCCCN1. The van der Waals surface area contributed by atoms with Gasteiger partial charge in [-0.05, 0) is 32.2 Å². The molecule has 0 aliphatic carbocycles. The Bertz CT molecular complexity index is 187. The van der Waals surface area contributed by atoms with Crippen molar-refractivity contribution in [1.29, 1.82) is 0 Å². The standard InChI is InChI=1S/C10H17N2O/c13-10-8(4-3-7-12-10)9-5-1-2-6-11-9/h8-9,11H,1-7H2/t8-,9?/m1/s1. The summed E-state index contributed by atoms with van der Waals surface area (Å²) in [7, 11) is 0. The zero-order chi connectivity index (χ0) is 9.10. The summed E-state index contributed by atoms with van der Waals surface area (Å²) in [5.41, 5.74) is 0. The number of hydrogen-bond donors (Lipinski definition) is 1. The number of nitrogens with zero attached hydrogens (tertiary/aromatic N) is 1. The van der Waals surface area contributed by atoms with Crippen LogP contribution < -0.4 is 10.6 Å². The number of amides is 1. The maximum atomic E-state index is 11.5. The Morgan fingerprint density at radius 3 is 2.85 bits per heavy atom. The molecule has 0 bridgehead atoms. The van der Waals surface area contributed by atoms with Gasteiger partial charge in [-0.15, -0.1) is 0 Å². The smallest absolute Gasteiger partial charge is 0.245 e. The highest BCUT2D eigenvalue weighted by Crippen LogP contribution is 2.22. The fraction of sp³-hybridized carbons (Fsp3) is 0.900. The predicted molar refractivity (Wildman–Crippen MR) is 50.4 cm³/mol. The van der Waals surface area contributed by atoms with E-state index in [9.17, 15) is 4.79 Å². The summed E-state index contributed by atoms with van der Waals surface area (Å²) in [5, 5.41) is 7.45. The Morgan fingerprint density at radius 2 is 2.15 bits per heavy atom. The van der Waals surface area contributed by atoms with Crippen LogP contribution in [0.25, 0.3) is 0 Å². The zero-order valence-corrected chi connectivity index (χ0v) is 7.96. The summed E-state index contributed by atoms with van der Waals surface area (Å²) in [6.07, 6.45) is 5.82. The third kappa shape index (κ3) is 2.02. The van der Waals surface area contributed by atoms with Gasteiger partial charge in [-0.2, -0.15) is 0 Å². The van der Waals surface area contributed by atoms with Gasteiger partial charge >= 0.3 is 0 Å². The van der Waals surface area contributed by atoms with E-state index in [2.05, 4.69) is 10.6 Å². The Morgan fingerprint density at radius 1 is 1.23 bits per heavy atom. The molecule has 73 valence electrons. The summed E-state index contributed by atoms with van der Waals surface area (Å²) in [4.78, 5) is 11.5. The van der Waals surface area contributed by atoms with Gasteiger partial charge in [-0.3, -0.25) is 10.1 Å². The van der Waals surface area contributed by atoms with Crippen molar-refractivity contribution >= 4 is 5.91 Å². The molecule has 2 atom stereocenters. The van der Waals surface area contributed by atoms with Gasteiger partial charge in [0.2, 0.25) is 5.91 Å². The number of piperidine rings is 2. The van der Waals surface area contributed by atoms with Crippen molar-refractivity contribution < 1.29 is 4.79 Å². The Kier molecular flexibility index (Phi) is 2.83. The molecule has 0 aromatic rings. The first-order valence-electron chi connectivity index (χ1n) is 5.32. The third-order valence-electron chi connectivity index (χ3n) is 3.09. The quantitative estimate of drug-likeness (QED) is 0.646. The van der Waals surface area contributed by atoms with Crippen LogP contribution in [0.15, 0.2) is 0 Å². The van der Waals surface area contributed by atoms with E-state index in [1.807, 2.05) is 0 Å². The summed E-state index contributed by atoms with van der Waals surface area (Å²) in [5.74, 6) is 0.333. The molecule has 0 saturated carbocycles. The monoisotopic (exact) mass is 181 g/mol. The number of carbonyl (C=O) groups is 1. The van der Waals surface area contributed by atoms with Gasteiger partial charge in [0.15, 0.2) is 0 Å². The van der Waals surface area contributed by atoms with Crippen LogP contribution in [-0.4, -0.2) is 25.0 Å². The highest BCUT2D eigenvalue weighted by atomic mass is 16.2. The van der Waals surface area contributed by atoms with Gasteiger partial charge in [0.1, 0.15) is 0 Å². The molecular weight excluding hydrogens is 164 g/mol. The molecule has 1 amide bonds. The maximum absolute atomic E-state index is 11.5. The van der Waals surface area contributed by atoms with Gasteiger partial charge in [-0.25, -0.2) is 0 Å². The van der Waals surface area contributed by atoms with Crippen molar-refractivity contribution in [2.45, 2.75) is 38.1 Å². The van der Waals surface area contributed by atoms with Gasteiger partial charge in [0.25, 0.3) is 0 Å². The van der Waals surface area contributed by atoms with Crippen LogP contribution in [0.3, 0.4) is 0 Å². The van der Waals surface area contributed by atoms with E-state index >= 15 is 0 Å². The van der Waals surface area contributed by atoms with Crippen molar-refractivity contribution in [3.63, 3.8) is 0 Å². The first-order valence-corrected chi connectivity index (χ1v) is 5.32. The van der Waals surface area contributed by atoms with E-state index in [1.54, 1.807) is 0 Å². The van der Waals surface area contributed by atoms with Crippen molar-refractivity contribution in [2.24, 2.45) is 5.92 Å². The lowest BCUT2D eigenvalue weighted by molar-refractivity contribution is -0.128. The lowest BCUT2D eigenvalue weighted by Gasteiger charge is -2.32. The molecule has 2 saturated heterocycles. The molecule has 0 aromatic heterocycles. The van der Waals surface area contributed by atoms with Crippen molar-refractivity contribution in [3.05, 3.63) is 0 Å². The van der Waals surface area contributed by atoms with Gasteiger partial charge < -0.3 is 5.32 Å². The average Bonchev–Trinajstić information content (AvgIpc) is 2.20. The summed E-state index contributed by atoms with van der Waals surface area (Å²) < 4.78 is 0. The molecule has 2 rings (SSSR count). The summed E-state index contributed by atoms with van der Waals surface area (Å²) in [6, 6.07) is 0.422. The fourth-order valence-corrected chi connectivity index (χ4v) is 2.34. The van der Waals surface area contributed by atoms with E-state index < -0.39 is 0 Å². The van der Waals surface area contributed by atoms with Crippen LogP contribution in [0.5, 0.6) is 0 Å². The number of carbonyl (C=O) groups excluding carboxylic acids is 1. The average molecular weight is 181 g/mol. The second kappa shape index (κ2) is 4.09. The second-order valence-electron chi connectivity index (χ2n) is 4.03. The Hall–Kier alpha value is -0.570. The molecule has 3 nitrogen and oxygen atoms in total. The Balaban J connectivity index is 1.92. The molecule has 2 heterocycles. The molecule has 2 aliphatic rings. The first-order chi connectivity index (χ1) is 6.38. The number of hydrogen-bond acceptors (Lipinski definition) is 2. The topological polar surface area (TPSA) is 43.2 Å². The van der Waals surface area contributed by atoms with Crippen LogP contribution in [0.4, 0.5) is 0 Å². The van der Waals surface area contributed by atoms with E-state index in [4.69, 9.17) is 0 Å². The summed E-state index contributed by atoms with van der Waals surface area (Å²) >= 11 is 0. The Labute approximate surface area is 79.3 Å². The van der Waals surface area contributed by atoms with Crippen molar-refractivity contribution in [2.75, 3.05) is 13.1 Å². The minimum absolute atomic E-state index is 0.144. The highest BCUT2D eigenvalue weighted by Gasteiger charge is 2.31. The van der Waals surface area contributed by atoms with Gasteiger partial charge in [-0.1, -0.05) is 6.42 Å². The maximum Gasteiger partial charge on any atom is 0.245 e. The number of rotatable bonds is 1. The second-order valence-corrected chi connectivity index (χ2v) is 4.03. The predicted octanol–water partition coefficient (Wildman–Crippen LogP) is 0.669. The molecule has 1 N–H and O–H groups in total. The van der Waals surface area contributed by atoms with Crippen molar-refractivity contribution in [3.8, 4) is 0 Å². The highest BCUT2D eigenvalue weighted by molar-refractivity contribution is 5.79. The van der Waals surface area contributed by atoms with E-state index in [0.717, 1.165) is 32.4 Å². The zero-order valence-electron chi connectivity index (χ0n) is 7.96. The van der Waals surface area contributed by atoms with E-state index in [1.165, 1.54) is 12.8 Å². The molecule has 1 unspecified atom stereocenters. The largest absolute Gasteiger partial charge is 0.313 e. The fourth-order valence-electron chi connectivity index (χ4n) is 2.34. The van der Waals surface area contributed by atoms with Crippen LogP contribution in [0.1, 0.15) is 32.1 Å². The van der Waals surface area contributed by atoms with Crippen LogP contribution in [0, 0.1) is 5.92 Å². The van der Waals surface area contributed by atoms with Crippen LogP contribution in [-0.2, 0) is 4.79 Å². The molecule has 3 heteroatoms. The molecule has 0 spiro atoms. The minimum atomic E-state index is 0.144. The number of nitrogens with one attached hydrogen (secondary N) is 1.